The van der Waals surface area contributed by atoms with Gasteiger partial charge in [0.25, 0.3) is 0 Å². The lowest BCUT2D eigenvalue weighted by atomic mass is 10.2. The molecular formula is C16H20N2O4. The molecule has 3 N–H and O–H groups in total. The molecule has 1 atom stereocenters. The van der Waals surface area contributed by atoms with E-state index in [4.69, 9.17) is 20.3 Å². The van der Waals surface area contributed by atoms with Crippen LogP contribution in [0.2, 0.25) is 0 Å². The highest BCUT2D eigenvalue weighted by molar-refractivity contribution is 5.73. The minimum atomic E-state index is -1.000. The molecule has 22 heavy (non-hydrogen) atoms. The standard InChI is InChI=1S/C16H20N2O4/c1-21-13-5-2-6-14(11-13)22-9-8-18-7-3-4-12(18)10-15(17)16(19)20/h2-7,11,15H,8-10,17H2,1H3,(H,19,20). The summed E-state index contributed by atoms with van der Waals surface area (Å²) in [6, 6.07) is 10.2. The zero-order valence-electron chi connectivity index (χ0n) is 12.4. The van der Waals surface area contributed by atoms with E-state index in [2.05, 4.69) is 0 Å². The van der Waals surface area contributed by atoms with Gasteiger partial charge in [0.2, 0.25) is 0 Å². The topological polar surface area (TPSA) is 86.7 Å². The summed E-state index contributed by atoms with van der Waals surface area (Å²) in [6.07, 6.45) is 2.18. The number of carboxylic acid groups (broad SMARTS) is 1. The molecular weight excluding hydrogens is 284 g/mol. The molecule has 0 aliphatic carbocycles. The average molecular weight is 304 g/mol. The van der Waals surface area contributed by atoms with Crippen LogP contribution >= 0.6 is 0 Å². The zero-order valence-corrected chi connectivity index (χ0v) is 12.4. The van der Waals surface area contributed by atoms with E-state index in [9.17, 15) is 4.79 Å². The van der Waals surface area contributed by atoms with Crippen molar-refractivity contribution in [1.29, 1.82) is 0 Å². The van der Waals surface area contributed by atoms with Crippen molar-refractivity contribution in [3.63, 3.8) is 0 Å². The smallest absolute Gasteiger partial charge is 0.320 e. The summed E-state index contributed by atoms with van der Waals surface area (Å²) in [5.74, 6) is 0.474. The summed E-state index contributed by atoms with van der Waals surface area (Å²) in [5.41, 5.74) is 6.45. The summed E-state index contributed by atoms with van der Waals surface area (Å²) in [4.78, 5) is 10.8. The monoisotopic (exact) mass is 304 g/mol. The number of rotatable bonds is 8. The van der Waals surface area contributed by atoms with E-state index in [1.807, 2.05) is 47.2 Å². The molecule has 0 aliphatic rings. The Balaban J connectivity index is 1.89. The molecule has 6 nitrogen and oxygen atoms in total. The van der Waals surface area contributed by atoms with Crippen molar-refractivity contribution in [2.45, 2.75) is 19.0 Å². The molecule has 0 bridgehead atoms. The summed E-state index contributed by atoms with van der Waals surface area (Å²) in [5, 5.41) is 8.88. The van der Waals surface area contributed by atoms with Gasteiger partial charge in [0.05, 0.1) is 13.7 Å². The van der Waals surface area contributed by atoms with Crippen molar-refractivity contribution < 1.29 is 19.4 Å². The minimum Gasteiger partial charge on any atom is -0.497 e. The van der Waals surface area contributed by atoms with Crippen LogP contribution in [-0.4, -0.2) is 35.4 Å². The van der Waals surface area contributed by atoms with Crippen LogP contribution in [-0.2, 0) is 17.8 Å². The van der Waals surface area contributed by atoms with E-state index in [1.54, 1.807) is 7.11 Å². The van der Waals surface area contributed by atoms with Crippen molar-refractivity contribution in [2.24, 2.45) is 5.73 Å². The van der Waals surface area contributed by atoms with Crippen LogP contribution in [0.25, 0.3) is 0 Å². The predicted octanol–water partition coefficient (Wildman–Crippen LogP) is 1.53. The van der Waals surface area contributed by atoms with Crippen LogP contribution in [0.1, 0.15) is 5.69 Å². The first-order chi connectivity index (χ1) is 10.6. The Morgan fingerprint density at radius 3 is 2.82 bits per heavy atom. The summed E-state index contributed by atoms with van der Waals surface area (Å²) in [6.45, 7) is 1.09. The fourth-order valence-electron chi connectivity index (χ4n) is 2.12. The molecule has 0 amide bonds. The largest absolute Gasteiger partial charge is 0.497 e. The molecule has 2 aromatic rings. The number of methoxy groups -OCH3 is 1. The molecule has 6 heteroatoms. The first-order valence-electron chi connectivity index (χ1n) is 6.99. The van der Waals surface area contributed by atoms with Gasteiger partial charge in [-0.3, -0.25) is 4.79 Å². The highest BCUT2D eigenvalue weighted by Gasteiger charge is 2.14. The van der Waals surface area contributed by atoms with Gasteiger partial charge in [-0.25, -0.2) is 0 Å². The molecule has 1 unspecified atom stereocenters. The number of nitrogens with zero attached hydrogens (tertiary/aromatic N) is 1. The van der Waals surface area contributed by atoms with E-state index in [0.29, 0.717) is 19.6 Å². The summed E-state index contributed by atoms with van der Waals surface area (Å²) >= 11 is 0. The first-order valence-corrected chi connectivity index (χ1v) is 6.99. The number of carboxylic acids is 1. The third-order valence-corrected chi connectivity index (χ3v) is 3.31. The average Bonchev–Trinajstić information content (AvgIpc) is 2.94. The van der Waals surface area contributed by atoms with Gasteiger partial charge in [0.1, 0.15) is 24.1 Å². The number of nitrogens with two attached hydrogens (primary N) is 1. The molecule has 0 spiro atoms. The number of aromatic nitrogens is 1. The summed E-state index contributed by atoms with van der Waals surface area (Å²) in [7, 11) is 1.61. The van der Waals surface area contributed by atoms with Gasteiger partial charge in [-0.2, -0.15) is 0 Å². The van der Waals surface area contributed by atoms with E-state index in [1.165, 1.54) is 0 Å². The Labute approximate surface area is 129 Å². The van der Waals surface area contributed by atoms with E-state index < -0.39 is 12.0 Å². The maximum absolute atomic E-state index is 10.8. The Morgan fingerprint density at radius 1 is 1.32 bits per heavy atom. The molecule has 118 valence electrons. The Hall–Kier alpha value is -2.47. The van der Waals surface area contributed by atoms with E-state index in [-0.39, 0.29) is 0 Å². The second kappa shape index (κ2) is 7.51. The molecule has 1 aromatic heterocycles. The quantitative estimate of drug-likeness (QED) is 0.772. The minimum absolute atomic E-state index is 0.293. The molecule has 0 radical (unpaired) electrons. The highest BCUT2D eigenvalue weighted by Crippen LogP contribution is 2.18. The van der Waals surface area contributed by atoms with Crippen LogP contribution in [0, 0.1) is 0 Å². The molecule has 1 heterocycles. The maximum Gasteiger partial charge on any atom is 0.320 e. The van der Waals surface area contributed by atoms with Gasteiger partial charge in [0.15, 0.2) is 0 Å². The highest BCUT2D eigenvalue weighted by atomic mass is 16.5. The fourth-order valence-corrected chi connectivity index (χ4v) is 2.12. The lowest BCUT2D eigenvalue weighted by molar-refractivity contribution is -0.138. The first kappa shape index (κ1) is 15.9. The zero-order chi connectivity index (χ0) is 15.9. The SMILES string of the molecule is COc1cccc(OCCn2cccc2CC(N)C(=O)O)c1. The molecule has 0 saturated carbocycles. The second-order valence-electron chi connectivity index (χ2n) is 4.87. The van der Waals surface area contributed by atoms with Crippen molar-refractivity contribution in [3.8, 4) is 11.5 Å². The van der Waals surface area contributed by atoms with Gasteiger partial charge >= 0.3 is 5.97 Å². The number of ether oxygens (including phenoxy) is 2. The van der Waals surface area contributed by atoms with Crippen molar-refractivity contribution in [3.05, 3.63) is 48.3 Å². The lowest BCUT2D eigenvalue weighted by Crippen LogP contribution is -2.33. The second-order valence-corrected chi connectivity index (χ2v) is 4.87. The van der Waals surface area contributed by atoms with Gasteiger partial charge in [-0.15, -0.1) is 0 Å². The molecule has 2 rings (SSSR count). The van der Waals surface area contributed by atoms with Gasteiger partial charge < -0.3 is 24.9 Å². The van der Waals surface area contributed by atoms with Gasteiger partial charge in [-0.1, -0.05) is 6.07 Å². The number of hydrogen-bond donors (Lipinski definition) is 2. The predicted molar refractivity (Wildman–Crippen MR) is 82.2 cm³/mol. The van der Waals surface area contributed by atoms with Crippen LogP contribution < -0.4 is 15.2 Å². The Bertz CT molecular complexity index is 624. The fraction of sp³-hybridized carbons (Fsp3) is 0.312. The lowest BCUT2D eigenvalue weighted by Gasteiger charge is -2.12. The number of hydrogen-bond acceptors (Lipinski definition) is 4. The van der Waals surface area contributed by atoms with Crippen molar-refractivity contribution in [2.75, 3.05) is 13.7 Å². The number of carbonyl (C=O) groups is 1. The molecule has 0 fully saturated rings. The number of aliphatic carboxylic acids is 1. The third-order valence-electron chi connectivity index (χ3n) is 3.31. The normalized spacial score (nSPS) is 11.9. The third kappa shape index (κ3) is 4.26. The van der Waals surface area contributed by atoms with Crippen LogP contribution in [0.15, 0.2) is 42.6 Å². The number of benzene rings is 1. The summed E-state index contributed by atoms with van der Waals surface area (Å²) < 4.78 is 12.8. The van der Waals surface area contributed by atoms with Crippen LogP contribution in [0.4, 0.5) is 0 Å². The van der Waals surface area contributed by atoms with E-state index in [0.717, 1.165) is 17.2 Å². The van der Waals surface area contributed by atoms with Crippen LogP contribution in [0.5, 0.6) is 11.5 Å². The molecule has 0 aliphatic heterocycles. The Morgan fingerprint density at radius 2 is 2.09 bits per heavy atom. The van der Waals surface area contributed by atoms with Crippen LogP contribution in [0.3, 0.4) is 0 Å². The Kier molecular flexibility index (Phi) is 5.43. The van der Waals surface area contributed by atoms with Crippen molar-refractivity contribution in [1.82, 2.24) is 4.57 Å². The maximum atomic E-state index is 10.8. The molecule has 0 saturated heterocycles. The van der Waals surface area contributed by atoms with Gasteiger partial charge in [0, 0.05) is 24.4 Å². The van der Waals surface area contributed by atoms with Crippen molar-refractivity contribution >= 4 is 5.97 Å². The molecule has 1 aromatic carbocycles. The van der Waals surface area contributed by atoms with E-state index >= 15 is 0 Å². The van der Waals surface area contributed by atoms with Gasteiger partial charge in [-0.05, 0) is 24.3 Å².